The molecule has 0 aliphatic heterocycles. The highest BCUT2D eigenvalue weighted by molar-refractivity contribution is 5.80. The van der Waals surface area contributed by atoms with Crippen molar-refractivity contribution in [2.45, 2.75) is 33.2 Å². The molecule has 12 heavy (non-hydrogen) atoms. The molecule has 0 heterocycles. The second-order valence-electron chi connectivity index (χ2n) is 3.26. The van der Waals surface area contributed by atoms with E-state index in [2.05, 4.69) is 24.5 Å². The average Bonchev–Trinajstić information content (AvgIpc) is 2.11. The second kappa shape index (κ2) is 6.00. The summed E-state index contributed by atoms with van der Waals surface area (Å²) in [6.45, 7) is 7.10. The highest BCUT2D eigenvalue weighted by Gasteiger charge is 2.10. The summed E-state index contributed by atoms with van der Waals surface area (Å²) in [5, 5.41) is 5.78. The van der Waals surface area contributed by atoms with E-state index in [0.29, 0.717) is 5.92 Å². The summed E-state index contributed by atoms with van der Waals surface area (Å²) in [5.74, 6) is 0.690. The minimum Gasteiger partial charge on any atom is -0.358 e. The van der Waals surface area contributed by atoms with Gasteiger partial charge in [-0.25, -0.2) is 0 Å². The smallest absolute Gasteiger partial charge is 0.236 e. The number of carbonyl (C=O) groups excluding carboxylic acids is 1. The van der Waals surface area contributed by atoms with E-state index in [1.807, 2.05) is 6.92 Å². The third-order valence-corrected chi connectivity index (χ3v) is 2.11. The molecule has 0 aliphatic rings. The highest BCUT2D eigenvalue weighted by Crippen LogP contribution is 1.97. The molecule has 0 bridgehead atoms. The van der Waals surface area contributed by atoms with Crippen molar-refractivity contribution >= 4 is 5.91 Å². The zero-order chi connectivity index (χ0) is 9.56. The third kappa shape index (κ3) is 4.34. The molecule has 0 spiro atoms. The molecule has 3 heteroatoms. The minimum atomic E-state index is -0.0796. The highest BCUT2D eigenvalue weighted by atomic mass is 16.2. The number of rotatable bonds is 5. The fourth-order valence-corrected chi connectivity index (χ4v) is 0.832. The lowest BCUT2D eigenvalue weighted by atomic mass is 10.1. The molecule has 0 fully saturated rings. The number of hydrogen-bond donors (Lipinski definition) is 2. The molecule has 72 valence electrons. The number of nitrogens with one attached hydrogen (secondary N) is 2. The van der Waals surface area contributed by atoms with Crippen LogP contribution in [0.2, 0.25) is 0 Å². The topological polar surface area (TPSA) is 41.1 Å². The third-order valence-electron chi connectivity index (χ3n) is 2.11. The van der Waals surface area contributed by atoms with Crippen molar-refractivity contribution in [3.05, 3.63) is 0 Å². The number of amides is 1. The van der Waals surface area contributed by atoms with E-state index in [4.69, 9.17) is 0 Å². The second-order valence-corrected chi connectivity index (χ2v) is 3.26. The van der Waals surface area contributed by atoms with E-state index in [1.165, 1.54) is 0 Å². The zero-order valence-corrected chi connectivity index (χ0v) is 8.48. The Kier molecular flexibility index (Phi) is 5.72. The lowest BCUT2D eigenvalue weighted by molar-refractivity contribution is -0.122. The molecule has 0 saturated carbocycles. The Balaban J connectivity index is 3.56. The van der Waals surface area contributed by atoms with E-state index in [1.54, 1.807) is 7.05 Å². The molecule has 0 radical (unpaired) electrons. The van der Waals surface area contributed by atoms with Gasteiger partial charge in [0.25, 0.3) is 0 Å². The van der Waals surface area contributed by atoms with Gasteiger partial charge in [-0.15, -0.1) is 0 Å². The summed E-state index contributed by atoms with van der Waals surface area (Å²) in [6, 6.07) is -0.0796. The van der Waals surface area contributed by atoms with Gasteiger partial charge in [-0.1, -0.05) is 20.3 Å². The first-order valence-electron chi connectivity index (χ1n) is 4.56. The molecule has 0 aliphatic carbocycles. The molecule has 0 rings (SSSR count). The maximum absolute atomic E-state index is 11.0. The van der Waals surface area contributed by atoms with Crippen LogP contribution in [0.4, 0.5) is 0 Å². The predicted octanol–water partition coefficient (Wildman–Crippen LogP) is 0.757. The standard InChI is InChI=1S/C9H20N2O/c1-5-7(2)6-11-8(3)9(12)10-4/h7-8,11H,5-6H2,1-4H3,(H,10,12)/t7?,8-/m1/s1. The molecule has 1 amide bonds. The molecular formula is C9H20N2O. The van der Waals surface area contributed by atoms with Gasteiger partial charge in [0.15, 0.2) is 0 Å². The summed E-state index contributed by atoms with van der Waals surface area (Å²) in [4.78, 5) is 11.0. The van der Waals surface area contributed by atoms with Crippen molar-refractivity contribution in [1.82, 2.24) is 10.6 Å². The van der Waals surface area contributed by atoms with Gasteiger partial charge in [-0.3, -0.25) is 4.79 Å². The van der Waals surface area contributed by atoms with Crippen molar-refractivity contribution in [1.29, 1.82) is 0 Å². The molecule has 2 atom stereocenters. The van der Waals surface area contributed by atoms with Crippen molar-refractivity contribution in [3.8, 4) is 0 Å². The minimum absolute atomic E-state index is 0.0540. The molecule has 0 aromatic rings. The molecule has 2 N–H and O–H groups in total. The Labute approximate surface area is 74.9 Å². The van der Waals surface area contributed by atoms with Gasteiger partial charge in [0, 0.05) is 7.05 Å². The quantitative estimate of drug-likeness (QED) is 0.642. The molecule has 1 unspecified atom stereocenters. The Morgan fingerprint density at radius 2 is 2.00 bits per heavy atom. The summed E-state index contributed by atoms with van der Waals surface area (Å²) < 4.78 is 0. The van der Waals surface area contributed by atoms with E-state index in [0.717, 1.165) is 13.0 Å². The van der Waals surface area contributed by atoms with Crippen molar-refractivity contribution < 1.29 is 4.79 Å². The van der Waals surface area contributed by atoms with Crippen molar-refractivity contribution in [3.63, 3.8) is 0 Å². The van der Waals surface area contributed by atoms with Crippen LogP contribution in [0.15, 0.2) is 0 Å². The Morgan fingerprint density at radius 1 is 1.42 bits per heavy atom. The Bertz CT molecular complexity index is 136. The SMILES string of the molecule is CCC(C)CN[C@H](C)C(=O)NC. The van der Waals surface area contributed by atoms with Crippen LogP contribution in [0.3, 0.4) is 0 Å². The first-order valence-corrected chi connectivity index (χ1v) is 4.56. The van der Waals surface area contributed by atoms with Gasteiger partial charge in [0.05, 0.1) is 6.04 Å². The predicted molar refractivity (Wildman–Crippen MR) is 51.0 cm³/mol. The van der Waals surface area contributed by atoms with Crippen molar-refractivity contribution in [2.75, 3.05) is 13.6 Å². The molecule has 0 saturated heterocycles. The number of hydrogen-bond acceptors (Lipinski definition) is 2. The molecule has 3 nitrogen and oxygen atoms in total. The molecule has 0 aromatic carbocycles. The van der Waals surface area contributed by atoms with Gasteiger partial charge < -0.3 is 10.6 Å². The van der Waals surface area contributed by atoms with E-state index < -0.39 is 0 Å². The Hall–Kier alpha value is -0.570. The van der Waals surface area contributed by atoms with Crippen LogP contribution in [0.5, 0.6) is 0 Å². The van der Waals surface area contributed by atoms with Gasteiger partial charge >= 0.3 is 0 Å². The Morgan fingerprint density at radius 3 is 2.42 bits per heavy atom. The zero-order valence-electron chi connectivity index (χ0n) is 8.48. The first-order chi connectivity index (χ1) is 5.61. The normalized spacial score (nSPS) is 15.3. The summed E-state index contributed by atoms with van der Waals surface area (Å²) in [5.41, 5.74) is 0. The van der Waals surface area contributed by atoms with Crippen LogP contribution in [-0.2, 0) is 4.79 Å². The monoisotopic (exact) mass is 172 g/mol. The first kappa shape index (κ1) is 11.4. The van der Waals surface area contributed by atoms with Crippen LogP contribution in [0.1, 0.15) is 27.2 Å². The van der Waals surface area contributed by atoms with E-state index in [-0.39, 0.29) is 11.9 Å². The number of likely N-dealkylation sites (N-methyl/N-ethyl adjacent to an activating group) is 1. The van der Waals surface area contributed by atoms with Gasteiger partial charge in [-0.2, -0.15) is 0 Å². The van der Waals surface area contributed by atoms with Crippen LogP contribution < -0.4 is 10.6 Å². The molecule has 0 aromatic heterocycles. The fourth-order valence-electron chi connectivity index (χ4n) is 0.832. The van der Waals surface area contributed by atoms with Gasteiger partial charge in [0.2, 0.25) is 5.91 Å². The van der Waals surface area contributed by atoms with Gasteiger partial charge in [0.1, 0.15) is 0 Å². The average molecular weight is 172 g/mol. The van der Waals surface area contributed by atoms with Crippen LogP contribution in [0, 0.1) is 5.92 Å². The summed E-state index contributed by atoms with van der Waals surface area (Å²) >= 11 is 0. The lowest BCUT2D eigenvalue weighted by Gasteiger charge is -2.15. The van der Waals surface area contributed by atoms with E-state index >= 15 is 0 Å². The van der Waals surface area contributed by atoms with Crippen molar-refractivity contribution in [2.24, 2.45) is 5.92 Å². The largest absolute Gasteiger partial charge is 0.358 e. The van der Waals surface area contributed by atoms with Crippen LogP contribution >= 0.6 is 0 Å². The number of carbonyl (C=O) groups is 1. The summed E-state index contributed by atoms with van der Waals surface area (Å²) in [6.07, 6.45) is 1.15. The van der Waals surface area contributed by atoms with E-state index in [9.17, 15) is 4.79 Å². The van der Waals surface area contributed by atoms with Gasteiger partial charge in [-0.05, 0) is 19.4 Å². The summed E-state index contributed by atoms with van der Waals surface area (Å²) in [7, 11) is 1.66. The van der Waals surface area contributed by atoms with Crippen LogP contribution in [-0.4, -0.2) is 25.5 Å². The lowest BCUT2D eigenvalue weighted by Crippen LogP contribution is -2.42. The maximum atomic E-state index is 11.0. The fraction of sp³-hybridized carbons (Fsp3) is 0.889. The molecular weight excluding hydrogens is 152 g/mol. The van der Waals surface area contributed by atoms with Crippen LogP contribution in [0.25, 0.3) is 0 Å². The maximum Gasteiger partial charge on any atom is 0.236 e.